The van der Waals surface area contributed by atoms with Crippen LogP contribution < -0.4 is 0 Å². The second kappa shape index (κ2) is 6.09. The largest absolute Gasteiger partial charge is 0.461 e. The van der Waals surface area contributed by atoms with Gasteiger partial charge in [-0.3, -0.25) is 0 Å². The molecule has 0 rings (SSSR count). The van der Waals surface area contributed by atoms with Crippen molar-refractivity contribution in [1.82, 2.24) is 0 Å². The van der Waals surface area contributed by atoms with E-state index in [0.717, 1.165) is 0 Å². The van der Waals surface area contributed by atoms with Crippen molar-refractivity contribution in [3.8, 4) is 0 Å². The second-order valence-electron chi connectivity index (χ2n) is 2.08. The first-order valence-electron chi connectivity index (χ1n) is 3.53. The average molecular weight is 164 g/mol. The molecular weight excluding hydrogens is 151 g/mol. The van der Waals surface area contributed by atoms with Crippen LogP contribution in [0.4, 0.5) is 4.39 Å². The second-order valence-corrected chi connectivity index (χ2v) is 2.08. The molecular formula is C7H13FO3. The summed E-state index contributed by atoms with van der Waals surface area (Å²) in [5.74, 6) is -0.837. The van der Waals surface area contributed by atoms with E-state index in [9.17, 15) is 9.18 Å². The summed E-state index contributed by atoms with van der Waals surface area (Å²) in [4.78, 5) is 10.3. The third kappa shape index (κ3) is 5.79. The quantitative estimate of drug-likeness (QED) is 0.567. The minimum Gasteiger partial charge on any atom is -0.461 e. The zero-order valence-electron chi connectivity index (χ0n) is 6.80. The summed E-state index contributed by atoms with van der Waals surface area (Å²) >= 11 is 0. The van der Waals surface area contributed by atoms with Gasteiger partial charge in [0.1, 0.15) is 6.61 Å². The molecule has 0 saturated carbocycles. The molecule has 0 N–H and O–H groups in total. The topological polar surface area (TPSA) is 35.5 Å². The molecule has 0 saturated heterocycles. The standard InChI is InChI=1S/C7H13FO3/c1-3-10-6(2)5-11-7(9)4-8/h6H,3-5H2,1-2H3. The summed E-state index contributed by atoms with van der Waals surface area (Å²) < 4.78 is 21.0. The molecule has 4 heteroatoms. The van der Waals surface area contributed by atoms with E-state index < -0.39 is 12.6 Å². The van der Waals surface area contributed by atoms with Crippen LogP contribution in [0.5, 0.6) is 0 Å². The number of carbonyl (C=O) groups is 1. The van der Waals surface area contributed by atoms with Crippen LogP contribution in [-0.4, -0.2) is 32.0 Å². The van der Waals surface area contributed by atoms with Gasteiger partial charge in [-0.25, -0.2) is 9.18 Å². The van der Waals surface area contributed by atoms with Gasteiger partial charge in [0.15, 0.2) is 6.67 Å². The highest BCUT2D eigenvalue weighted by molar-refractivity contribution is 5.70. The molecule has 0 fully saturated rings. The number of hydrogen-bond acceptors (Lipinski definition) is 3. The van der Waals surface area contributed by atoms with Crippen molar-refractivity contribution in [1.29, 1.82) is 0 Å². The van der Waals surface area contributed by atoms with Gasteiger partial charge in [0.25, 0.3) is 0 Å². The summed E-state index contributed by atoms with van der Waals surface area (Å²) in [5, 5.41) is 0. The molecule has 0 aromatic heterocycles. The van der Waals surface area contributed by atoms with Crippen LogP contribution in [0.2, 0.25) is 0 Å². The summed E-state index contributed by atoms with van der Waals surface area (Å²) in [6.07, 6.45) is -0.157. The van der Waals surface area contributed by atoms with E-state index in [1.807, 2.05) is 6.92 Å². The summed E-state index contributed by atoms with van der Waals surface area (Å²) in [6, 6.07) is 0. The van der Waals surface area contributed by atoms with Crippen LogP contribution in [0.15, 0.2) is 0 Å². The van der Waals surface area contributed by atoms with Crippen molar-refractivity contribution >= 4 is 5.97 Å². The SMILES string of the molecule is CCOC(C)COC(=O)CF. The van der Waals surface area contributed by atoms with E-state index >= 15 is 0 Å². The highest BCUT2D eigenvalue weighted by atomic mass is 19.1. The first kappa shape index (κ1) is 10.4. The predicted molar refractivity (Wildman–Crippen MR) is 38.0 cm³/mol. The molecule has 1 atom stereocenters. The molecule has 0 aromatic carbocycles. The van der Waals surface area contributed by atoms with Gasteiger partial charge in [-0.05, 0) is 13.8 Å². The number of rotatable bonds is 5. The minimum absolute atomic E-state index is 0.122. The lowest BCUT2D eigenvalue weighted by Gasteiger charge is -2.10. The van der Waals surface area contributed by atoms with Gasteiger partial charge < -0.3 is 9.47 Å². The third-order valence-electron chi connectivity index (χ3n) is 1.04. The van der Waals surface area contributed by atoms with Crippen molar-refractivity contribution in [3.05, 3.63) is 0 Å². The van der Waals surface area contributed by atoms with Crippen molar-refractivity contribution in [2.75, 3.05) is 19.9 Å². The Labute approximate surface area is 65.5 Å². The van der Waals surface area contributed by atoms with Crippen LogP contribution in [0.1, 0.15) is 13.8 Å². The fourth-order valence-electron chi connectivity index (χ4n) is 0.582. The van der Waals surface area contributed by atoms with E-state index in [-0.39, 0.29) is 12.7 Å². The zero-order valence-corrected chi connectivity index (χ0v) is 6.80. The van der Waals surface area contributed by atoms with Crippen LogP contribution in [-0.2, 0) is 14.3 Å². The highest BCUT2D eigenvalue weighted by Gasteiger charge is 2.05. The van der Waals surface area contributed by atoms with E-state index in [4.69, 9.17) is 4.74 Å². The van der Waals surface area contributed by atoms with Crippen LogP contribution in [0.25, 0.3) is 0 Å². The lowest BCUT2D eigenvalue weighted by Crippen LogP contribution is -2.19. The third-order valence-corrected chi connectivity index (χ3v) is 1.04. The molecule has 0 bridgehead atoms. The van der Waals surface area contributed by atoms with E-state index in [0.29, 0.717) is 6.61 Å². The summed E-state index contributed by atoms with van der Waals surface area (Å²) in [5.41, 5.74) is 0. The van der Waals surface area contributed by atoms with Gasteiger partial charge in [0.05, 0.1) is 6.10 Å². The Balaban J connectivity index is 3.29. The normalized spacial score (nSPS) is 12.6. The lowest BCUT2D eigenvalue weighted by molar-refractivity contribution is -0.148. The number of hydrogen-bond donors (Lipinski definition) is 0. The zero-order chi connectivity index (χ0) is 8.69. The first-order valence-corrected chi connectivity index (χ1v) is 3.53. The van der Waals surface area contributed by atoms with Gasteiger partial charge >= 0.3 is 5.97 Å². The van der Waals surface area contributed by atoms with Crippen molar-refractivity contribution in [2.45, 2.75) is 20.0 Å². The maximum atomic E-state index is 11.5. The van der Waals surface area contributed by atoms with Crippen molar-refractivity contribution in [3.63, 3.8) is 0 Å². The molecule has 11 heavy (non-hydrogen) atoms. The molecule has 0 heterocycles. The van der Waals surface area contributed by atoms with E-state index in [2.05, 4.69) is 4.74 Å². The van der Waals surface area contributed by atoms with E-state index in [1.165, 1.54) is 0 Å². The summed E-state index contributed by atoms with van der Waals surface area (Å²) in [6.45, 7) is 3.21. The first-order chi connectivity index (χ1) is 5.20. The van der Waals surface area contributed by atoms with Gasteiger partial charge in [0.2, 0.25) is 0 Å². The van der Waals surface area contributed by atoms with Gasteiger partial charge in [-0.2, -0.15) is 0 Å². The van der Waals surface area contributed by atoms with Gasteiger partial charge in [-0.1, -0.05) is 0 Å². The Morgan fingerprint density at radius 3 is 2.73 bits per heavy atom. The van der Waals surface area contributed by atoms with Gasteiger partial charge in [0, 0.05) is 6.61 Å². The molecule has 1 unspecified atom stereocenters. The number of esters is 1. The molecule has 0 amide bonds. The Morgan fingerprint density at radius 1 is 1.64 bits per heavy atom. The highest BCUT2D eigenvalue weighted by Crippen LogP contribution is 1.91. The number of halogens is 1. The Morgan fingerprint density at radius 2 is 2.27 bits per heavy atom. The average Bonchev–Trinajstić information content (AvgIpc) is 2.01. The van der Waals surface area contributed by atoms with Crippen LogP contribution in [0, 0.1) is 0 Å². The molecule has 0 aliphatic carbocycles. The predicted octanol–water partition coefficient (Wildman–Crippen LogP) is 0.924. The number of alkyl halides is 1. The minimum atomic E-state index is -1.07. The molecule has 66 valence electrons. The maximum absolute atomic E-state index is 11.5. The van der Waals surface area contributed by atoms with Crippen LogP contribution in [0.3, 0.4) is 0 Å². The molecule has 0 radical (unpaired) electrons. The Kier molecular flexibility index (Phi) is 5.74. The lowest BCUT2D eigenvalue weighted by atomic mass is 10.4. The molecule has 0 aliphatic rings. The monoisotopic (exact) mass is 164 g/mol. The van der Waals surface area contributed by atoms with Gasteiger partial charge in [-0.15, -0.1) is 0 Å². The van der Waals surface area contributed by atoms with Crippen molar-refractivity contribution in [2.24, 2.45) is 0 Å². The van der Waals surface area contributed by atoms with E-state index in [1.54, 1.807) is 6.92 Å². The van der Waals surface area contributed by atoms with Crippen LogP contribution >= 0.6 is 0 Å². The molecule has 0 spiro atoms. The Hall–Kier alpha value is -0.640. The number of carbonyl (C=O) groups excluding carboxylic acids is 1. The molecule has 3 nitrogen and oxygen atoms in total. The smallest absolute Gasteiger partial charge is 0.337 e. The molecule has 0 aliphatic heterocycles. The fraction of sp³-hybridized carbons (Fsp3) is 0.857. The van der Waals surface area contributed by atoms with Crippen molar-refractivity contribution < 1.29 is 18.7 Å². The number of ether oxygens (including phenoxy) is 2. The molecule has 0 aromatic rings. The maximum Gasteiger partial charge on any atom is 0.337 e. The summed E-state index contributed by atoms with van der Waals surface area (Å²) in [7, 11) is 0. The Bertz CT molecular complexity index is 116. The fourth-order valence-corrected chi connectivity index (χ4v) is 0.582.